The minimum Gasteiger partial charge on any atom is -0.445 e. The van der Waals surface area contributed by atoms with Crippen molar-refractivity contribution in [1.29, 1.82) is 0 Å². The third-order valence-corrected chi connectivity index (χ3v) is 5.56. The van der Waals surface area contributed by atoms with Crippen LogP contribution in [0.2, 0.25) is 0 Å². The molecule has 0 aliphatic carbocycles. The van der Waals surface area contributed by atoms with Crippen molar-refractivity contribution >= 4 is 25.2 Å². The van der Waals surface area contributed by atoms with E-state index >= 15 is 0 Å². The van der Waals surface area contributed by atoms with E-state index in [-0.39, 0.29) is 18.8 Å². The van der Waals surface area contributed by atoms with E-state index in [0.717, 1.165) is 5.56 Å². The Bertz CT molecular complexity index is 992. The van der Waals surface area contributed by atoms with Gasteiger partial charge in [-0.2, -0.15) is 0 Å². The van der Waals surface area contributed by atoms with Gasteiger partial charge >= 0.3 is 13.2 Å². The number of carbonyl (C=O) groups is 2. The number of hydrogen-bond acceptors (Lipinski definition) is 6. The van der Waals surface area contributed by atoms with Gasteiger partial charge in [-0.3, -0.25) is 4.79 Å². The molecular formula is C23H28BN3O5. The molecule has 1 saturated heterocycles. The molecule has 3 N–H and O–H groups in total. The summed E-state index contributed by atoms with van der Waals surface area (Å²) in [4.78, 5) is 28.0. The minimum atomic E-state index is -0.714. The summed E-state index contributed by atoms with van der Waals surface area (Å²) in [7, 11) is -0.714. The maximum atomic E-state index is 12.3. The fourth-order valence-corrected chi connectivity index (χ4v) is 3.00. The van der Waals surface area contributed by atoms with Crippen molar-refractivity contribution in [1.82, 2.24) is 10.3 Å². The molecule has 0 bridgehead atoms. The third-order valence-electron chi connectivity index (χ3n) is 5.56. The molecule has 1 aliphatic rings. The zero-order chi connectivity index (χ0) is 23.4. The lowest BCUT2D eigenvalue weighted by atomic mass is 9.77. The second kappa shape index (κ2) is 9.54. The Hall–Kier alpha value is -3.17. The van der Waals surface area contributed by atoms with Crippen molar-refractivity contribution in [2.75, 3.05) is 6.54 Å². The standard InChI is InChI=1S/C23H28BN3O5/c1-22(2)23(3,4)32-24(31-22)17(13-18-11-8-12-19(27-18)20(25)28)14-26-21(29)30-15-16-9-6-5-7-10-16/h5-13H,14-15H2,1-4H3,(H2,25,28)(H,26,29). The molecule has 0 radical (unpaired) electrons. The normalized spacial score (nSPS) is 17.1. The summed E-state index contributed by atoms with van der Waals surface area (Å²) in [6.45, 7) is 8.03. The predicted molar refractivity (Wildman–Crippen MR) is 121 cm³/mol. The van der Waals surface area contributed by atoms with Crippen LogP contribution in [-0.4, -0.2) is 41.8 Å². The van der Waals surface area contributed by atoms with E-state index in [0.29, 0.717) is 11.2 Å². The SMILES string of the molecule is CC1(C)OB(C(=Cc2cccc(C(N)=O)n2)CNC(=O)OCc2ccccc2)OC1(C)C. The molecule has 0 unspecified atom stereocenters. The van der Waals surface area contributed by atoms with Crippen LogP contribution in [0, 0.1) is 0 Å². The highest BCUT2D eigenvalue weighted by Crippen LogP contribution is 2.38. The third kappa shape index (κ3) is 5.75. The van der Waals surface area contributed by atoms with Gasteiger partial charge in [-0.05, 0) is 56.9 Å². The van der Waals surface area contributed by atoms with Crippen LogP contribution < -0.4 is 11.1 Å². The molecule has 2 heterocycles. The predicted octanol–water partition coefficient (Wildman–Crippen LogP) is 3.12. The van der Waals surface area contributed by atoms with Gasteiger partial charge in [-0.1, -0.05) is 36.4 Å². The Labute approximate surface area is 188 Å². The lowest BCUT2D eigenvalue weighted by Crippen LogP contribution is -2.41. The molecule has 2 amide bonds. The van der Waals surface area contributed by atoms with Crippen LogP contribution >= 0.6 is 0 Å². The second-order valence-corrected chi connectivity index (χ2v) is 8.53. The van der Waals surface area contributed by atoms with Gasteiger partial charge in [-0.15, -0.1) is 0 Å². The van der Waals surface area contributed by atoms with Crippen LogP contribution in [0.25, 0.3) is 6.08 Å². The van der Waals surface area contributed by atoms with E-state index in [1.807, 2.05) is 58.0 Å². The zero-order valence-electron chi connectivity index (χ0n) is 18.8. The van der Waals surface area contributed by atoms with E-state index < -0.39 is 30.3 Å². The molecule has 0 atom stereocenters. The van der Waals surface area contributed by atoms with Crippen LogP contribution in [0.5, 0.6) is 0 Å². The summed E-state index contributed by atoms with van der Waals surface area (Å²) in [5.74, 6) is -0.625. The first-order valence-electron chi connectivity index (χ1n) is 10.3. The number of hydrogen-bond donors (Lipinski definition) is 2. The van der Waals surface area contributed by atoms with Crippen molar-refractivity contribution in [3.05, 3.63) is 71.0 Å². The largest absolute Gasteiger partial charge is 0.492 e. The summed E-state index contributed by atoms with van der Waals surface area (Å²) in [5, 5.41) is 2.73. The van der Waals surface area contributed by atoms with Gasteiger partial charge in [0.15, 0.2) is 0 Å². The Morgan fingerprint density at radius 1 is 1.06 bits per heavy atom. The Morgan fingerprint density at radius 3 is 2.34 bits per heavy atom. The first kappa shape index (κ1) is 23.5. The van der Waals surface area contributed by atoms with Gasteiger partial charge in [-0.25, -0.2) is 9.78 Å². The van der Waals surface area contributed by atoms with Crippen LogP contribution in [0.15, 0.2) is 54.0 Å². The van der Waals surface area contributed by atoms with Gasteiger partial charge in [0.1, 0.15) is 12.3 Å². The quantitative estimate of drug-likeness (QED) is 0.644. The fourth-order valence-electron chi connectivity index (χ4n) is 3.00. The molecule has 1 aliphatic heterocycles. The van der Waals surface area contributed by atoms with E-state index in [1.54, 1.807) is 18.2 Å². The van der Waals surface area contributed by atoms with Crippen molar-refractivity contribution < 1.29 is 23.6 Å². The number of primary amides is 1. The first-order chi connectivity index (χ1) is 15.1. The van der Waals surface area contributed by atoms with Crippen LogP contribution in [0.4, 0.5) is 4.79 Å². The smallest absolute Gasteiger partial charge is 0.445 e. The van der Waals surface area contributed by atoms with Gasteiger partial charge < -0.3 is 25.1 Å². The summed E-state index contributed by atoms with van der Waals surface area (Å²) < 4.78 is 17.6. The second-order valence-electron chi connectivity index (χ2n) is 8.53. The van der Waals surface area contributed by atoms with Crippen LogP contribution in [0.3, 0.4) is 0 Å². The van der Waals surface area contributed by atoms with Gasteiger partial charge in [0.25, 0.3) is 5.91 Å². The summed E-state index contributed by atoms with van der Waals surface area (Å²) in [6, 6.07) is 14.3. The molecule has 8 nitrogen and oxygen atoms in total. The highest BCUT2D eigenvalue weighted by Gasteiger charge is 2.52. The van der Waals surface area contributed by atoms with Crippen molar-refractivity contribution in [2.24, 2.45) is 5.73 Å². The maximum Gasteiger partial charge on any atom is 0.492 e. The molecule has 32 heavy (non-hydrogen) atoms. The number of nitrogens with two attached hydrogens (primary N) is 1. The van der Waals surface area contributed by atoms with E-state index in [1.165, 1.54) is 6.07 Å². The summed E-state index contributed by atoms with van der Waals surface area (Å²) >= 11 is 0. The number of benzene rings is 1. The number of pyridine rings is 1. The molecule has 1 aromatic heterocycles. The van der Waals surface area contributed by atoms with Gasteiger partial charge in [0, 0.05) is 6.54 Å². The van der Waals surface area contributed by atoms with Crippen molar-refractivity contribution in [2.45, 2.75) is 45.5 Å². The minimum absolute atomic E-state index is 0.104. The lowest BCUT2D eigenvalue weighted by molar-refractivity contribution is 0.00578. The monoisotopic (exact) mass is 437 g/mol. The Kier molecular flexibility index (Phi) is 7.01. The molecule has 1 aromatic carbocycles. The summed E-state index contributed by atoms with van der Waals surface area (Å²) in [6.07, 6.45) is 1.14. The first-order valence-corrected chi connectivity index (χ1v) is 10.3. The topological polar surface area (TPSA) is 113 Å². The number of rotatable bonds is 7. The number of nitrogens with one attached hydrogen (secondary N) is 1. The van der Waals surface area contributed by atoms with Crippen LogP contribution in [-0.2, 0) is 20.7 Å². The van der Waals surface area contributed by atoms with E-state index in [4.69, 9.17) is 19.8 Å². The van der Waals surface area contributed by atoms with E-state index in [2.05, 4.69) is 10.3 Å². The molecular weight excluding hydrogens is 409 g/mol. The molecule has 1 fully saturated rings. The molecule has 0 spiro atoms. The molecule has 9 heteroatoms. The molecule has 3 rings (SSSR count). The number of nitrogens with zero attached hydrogens (tertiary/aromatic N) is 1. The summed E-state index contributed by atoms with van der Waals surface area (Å²) in [5.41, 5.74) is 6.35. The number of aromatic nitrogens is 1. The molecule has 0 saturated carbocycles. The fraction of sp³-hybridized carbons (Fsp3) is 0.348. The van der Waals surface area contributed by atoms with Gasteiger partial charge in [0.05, 0.1) is 16.9 Å². The molecule has 168 valence electrons. The number of alkyl carbamates (subject to hydrolysis) is 1. The molecule has 2 aromatic rings. The Morgan fingerprint density at radius 2 is 1.72 bits per heavy atom. The average Bonchev–Trinajstić information content (AvgIpc) is 2.97. The highest BCUT2D eigenvalue weighted by atomic mass is 16.7. The van der Waals surface area contributed by atoms with E-state index in [9.17, 15) is 9.59 Å². The van der Waals surface area contributed by atoms with Crippen molar-refractivity contribution in [3.8, 4) is 0 Å². The highest BCUT2D eigenvalue weighted by molar-refractivity contribution is 6.56. The van der Waals surface area contributed by atoms with Crippen molar-refractivity contribution in [3.63, 3.8) is 0 Å². The number of amides is 2. The Balaban J connectivity index is 1.76. The maximum absolute atomic E-state index is 12.3. The van der Waals surface area contributed by atoms with Gasteiger partial charge in [0.2, 0.25) is 0 Å². The zero-order valence-corrected chi connectivity index (χ0v) is 18.8. The number of carbonyl (C=O) groups excluding carboxylic acids is 2. The lowest BCUT2D eigenvalue weighted by Gasteiger charge is -2.32. The van der Waals surface area contributed by atoms with Crippen LogP contribution in [0.1, 0.15) is 49.4 Å². The average molecular weight is 437 g/mol. The number of ether oxygens (including phenoxy) is 1.